The number of halogens is 5. The number of esters is 1. The first-order chi connectivity index (χ1) is 23.7. The van der Waals surface area contributed by atoms with E-state index in [1.54, 1.807) is 0 Å². The predicted molar refractivity (Wildman–Crippen MR) is 177 cm³/mol. The second-order valence-corrected chi connectivity index (χ2v) is 15.7. The maximum Gasteiger partial charge on any atom is 0.417 e. The van der Waals surface area contributed by atoms with Crippen LogP contribution in [0.1, 0.15) is 36.0 Å². The number of carbonyl (C=O) groups excluding carboxylic acids is 1. The SMILES string of the molecule is CCS(=O)(=O)c1ccc(Oc2cc(C(CC(=O)Oc3ccc(Cl)c(Oc4ccc(S(C)(=O)=O)c(C(F)(F)F)c4)c3)C(=O)O)ccc2Cl)c(C#N)c1. The molecule has 51 heavy (non-hydrogen) atoms. The zero-order valence-electron chi connectivity index (χ0n) is 26.2. The molecule has 0 aliphatic rings. The summed E-state index contributed by atoms with van der Waals surface area (Å²) in [6.45, 7) is 1.44. The number of sulfone groups is 2. The summed E-state index contributed by atoms with van der Waals surface area (Å²) in [5.41, 5.74) is -1.56. The van der Waals surface area contributed by atoms with Crippen LogP contribution in [0.2, 0.25) is 10.0 Å². The number of aliphatic carboxylic acids is 1. The number of alkyl halides is 3. The van der Waals surface area contributed by atoms with Crippen LogP contribution in [0.4, 0.5) is 13.2 Å². The third-order valence-electron chi connectivity index (χ3n) is 7.08. The largest absolute Gasteiger partial charge is 0.481 e. The van der Waals surface area contributed by atoms with Gasteiger partial charge in [-0.1, -0.05) is 36.2 Å². The molecule has 0 aliphatic carbocycles. The van der Waals surface area contributed by atoms with Crippen LogP contribution in [0.25, 0.3) is 0 Å². The van der Waals surface area contributed by atoms with Gasteiger partial charge in [0.05, 0.1) is 49.1 Å². The Labute approximate surface area is 299 Å². The Hall–Kier alpha value is -4.82. The minimum Gasteiger partial charge on any atom is -0.481 e. The number of rotatable bonds is 12. The van der Waals surface area contributed by atoms with E-state index >= 15 is 0 Å². The molecule has 0 aliphatic heterocycles. The monoisotopic (exact) mass is 785 g/mol. The van der Waals surface area contributed by atoms with E-state index < -0.39 is 66.3 Å². The molecule has 1 unspecified atom stereocenters. The third kappa shape index (κ3) is 9.50. The van der Waals surface area contributed by atoms with Crippen molar-refractivity contribution in [3.63, 3.8) is 0 Å². The number of hydrogen-bond donors (Lipinski definition) is 1. The van der Waals surface area contributed by atoms with Gasteiger partial charge in [-0.15, -0.1) is 0 Å². The molecule has 0 aromatic heterocycles. The molecule has 18 heteroatoms. The van der Waals surface area contributed by atoms with Crippen LogP contribution >= 0.6 is 23.2 Å². The van der Waals surface area contributed by atoms with Crippen LogP contribution in [-0.4, -0.2) is 45.9 Å². The Morgan fingerprint density at radius 3 is 2.08 bits per heavy atom. The molecule has 0 amide bonds. The first-order valence-electron chi connectivity index (χ1n) is 14.3. The highest BCUT2D eigenvalue weighted by Crippen LogP contribution is 2.40. The van der Waals surface area contributed by atoms with Gasteiger partial charge in [0.1, 0.15) is 34.8 Å². The number of hydrogen-bond acceptors (Lipinski definition) is 10. The highest BCUT2D eigenvalue weighted by atomic mass is 35.5. The molecule has 1 N–H and O–H groups in total. The van der Waals surface area contributed by atoms with E-state index in [0.717, 1.165) is 24.3 Å². The van der Waals surface area contributed by atoms with Crippen LogP contribution in [0, 0.1) is 11.3 Å². The van der Waals surface area contributed by atoms with Crippen molar-refractivity contribution in [1.82, 2.24) is 0 Å². The average Bonchev–Trinajstić information content (AvgIpc) is 3.05. The minimum absolute atomic E-state index is 0.00150. The highest BCUT2D eigenvalue weighted by molar-refractivity contribution is 7.91. The third-order valence-corrected chi connectivity index (χ3v) is 10.6. The molecule has 0 saturated carbocycles. The smallest absolute Gasteiger partial charge is 0.417 e. The van der Waals surface area contributed by atoms with E-state index in [0.29, 0.717) is 12.3 Å². The fraction of sp³-hybridized carbons (Fsp3) is 0.182. The molecule has 4 aromatic rings. The van der Waals surface area contributed by atoms with Crippen LogP contribution in [-0.2, 0) is 35.4 Å². The molecular weight excluding hydrogens is 762 g/mol. The van der Waals surface area contributed by atoms with E-state index in [1.165, 1.54) is 49.4 Å². The van der Waals surface area contributed by atoms with E-state index in [1.807, 2.05) is 6.07 Å². The molecule has 0 spiro atoms. The van der Waals surface area contributed by atoms with E-state index in [-0.39, 0.29) is 54.8 Å². The fourth-order valence-electron chi connectivity index (χ4n) is 4.54. The molecule has 0 bridgehead atoms. The van der Waals surface area contributed by atoms with Crippen LogP contribution in [0.3, 0.4) is 0 Å². The number of benzene rings is 4. The topological polar surface area (TPSA) is 174 Å². The Morgan fingerprint density at radius 1 is 0.863 bits per heavy atom. The Kier molecular flexibility index (Phi) is 11.6. The van der Waals surface area contributed by atoms with Gasteiger partial charge in [0.2, 0.25) is 0 Å². The molecule has 0 fully saturated rings. The predicted octanol–water partition coefficient (Wildman–Crippen LogP) is 7.83. The number of nitrogens with zero attached hydrogens (tertiary/aromatic N) is 1. The molecule has 1 atom stereocenters. The van der Waals surface area contributed by atoms with E-state index in [9.17, 15) is 50.0 Å². The van der Waals surface area contributed by atoms with Crippen molar-refractivity contribution in [1.29, 1.82) is 5.26 Å². The second-order valence-electron chi connectivity index (χ2n) is 10.7. The van der Waals surface area contributed by atoms with Crippen LogP contribution < -0.4 is 14.2 Å². The molecule has 0 radical (unpaired) electrons. The number of carboxylic acids is 1. The lowest BCUT2D eigenvalue weighted by atomic mass is 9.95. The van der Waals surface area contributed by atoms with E-state index in [2.05, 4.69) is 0 Å². The van der Waals surface area contributed by atoms with Gasteiger partial charge in [-0.05, 0) is 66.2 Å². The van der Waals surface area contributed by atoms with Gasteiger partial charge in [-0.2, -0.15) is 18.4 Å². The van der Waals surface area contributed by atoms with Crippen molar-refractivity contribution in [3.8, 4) is 34.8 Å². The molecule has 11 nitrogen and oxygen atoms in total. The van der Waals surface area contributed by atoms with Crippen molar-refractivity contribution in [2.75, 3.05) is 12.0 Å². The van der Waals surface area contributed by atoms with Crippen LogP contribution in [0.5, 0.6) is 28.7 Å². The summed E-state index contributed by atoms with van der Waals surface area (Å²) < 4.78 is 106. The zero-order chi connectivity index (χ0) is 37.9. The maximum atomic E-state index is 13.6. The van der Waals surface area contributed by atoms with Gasteiger partial charge in [0.15, 0.2) is 19.7 Å². The van der Waals surface area contributed by atoms with Gasteiger partial charge >= 0.3 is 18.1 Å². The van der Waals surface area contributed by atoms with Crippen molar-refractivity contribution < 1.29 is 58.9 Å². The lowest BCUT2D eigenvalue weighted by Crippen LogP contribution is -2.19. The van der Waals surface area contributed by atoms with Gasteiger partial charge in [-0.3, -0.25) is 9.59 Å². The van der Waals surface area contributed by atoms with Gasteiger partial charge in [0.25, 0.3) is 0 Å². The normalized spacial score (nSPS) is 12.4. The molecule has 0 saturated heterocycles. The van der Waals surface area contributed by atoms with E-state index in [4.69, 9.17) is 37.4 Å². The number of ether oxygens (including phenoxy) is 3. The Balaban J connectivity index is 1.55. The minimum atomic E-state index is -5.04. The average molecular weight is 787 g/mol. The Bertz CT molecular complexity index is 2290. The van der Waals surface area contributed by atoms with Gasteiger partial charge < -0.3 is 19.3 Å². The summed E-state index contributed by atoms with van der Waals surface area (Å²) in [5, 5.41) is 19.4. The number of carboxylic acid groups (broad SMARTS) is 1. The first kappa shape index (κ1) is 39.0. The summed E-state index contributed by atoms with van der Waals surface area (Å²) in [4.78, 5) is 24.1. The maximum absolute atomic E-state index is 13.6. The second kappa shape index (κ2) is 15.2. The lowest BCUT2D eigenvalue weighted by molar-refractivity contribution is -0.144. The summed E-state index contributed by atoms with van der Waals surface area (Å²) in [6.07, 6.45) is -5.15. The molecular formula is C33H24Cl2F3NO10S2. The van der Waals surface area contributed by atoms with Crippen molar-refractivity contribution in [2.45, 2.75) is 35.2 Å². The molecule has 268 valence electrons. The highest BCUT2D eigenvalue weighted by Gasteiger charge is 2.37. The molecule has 0 heterocycles. The van der Waals surface area contributed by atoms with Crippen molar-refractivity contribution in [3.05, 3.63) is 99.5 Å². The Morgan fingerprint density at radius 2 is 1.49 bits per heavy atom. The van der Waals surface area contributed by atoms with Crippen molar-refractivity contribution >= 4 is 54.8 Å². The first-order valence-corrected chi connectivity index (χ1v) is 18.6. The van der Waals surface area contributed by atoms with Gasteiger partial charge in [-0.25, -0.2) is 16.8 Å². The summed E-state index contributed by atoms with van der Waals surface area (Å²) >= 11 is 12.4. The number of carbonyl (C=O) groups is 2. The van der Waals surface area contributed by atoms with Crippen molar-refractivity contribution in [2.24, 2.45) is 0 Å². The fourth-order valence-corrected chi connectivity index (χ4v) is 6.64. The quantitative estimate of drug-likeness (QED) is 0.110. The summed E-state index contributed by atoms with van der Waals surface area (Å²) in [7, 11) is -7.88. The standard InChI is InChI=1S/C33H24Cl2F3NO10S2/c1-3-51(45,46)22-7-10-27(19(12-22)17-39)49-28-13-18(4-8-25(28)34)23(32(41)42)16-31(40)48-21-5-9-26(35)29(15-21)47-20-6-11-30(50(2,43)44)24(14-20)33(36,37)38/h4-15,23H,3,16H2,1-2H3,(H,41,42). The zero-order valence-corrected chi connectivity index (χ0v) is 29.3. The lowest BCUT2D eigenvalue weighted by Gasteiger charge is -2.16. The molecule has 4 rings (SSSR count). The van der Waals surface area contributed by atoms with Crippen LogP contribution in [0.15, 0.2) is 82.6 Å². The summed E-state index contributed by atoms with van der Waals surface area (Å²) in [5.74, 6) is -5.30. The van der Waals surface area contributed by atoms with Gasteiger partial charge in [0, 0.05) is 12.3 Å². The molecule has 4 aromatic carbocycles. The number of nitriles is 1. The summed E-state index contributed by atoms with van der Waals surface area (Å²) in [6, 6.07) is 15.0.